The molecule has 0 amide bonds. The van der Waals surface area contributed by atoms with E-state index in [0.29, 0.717) is 15.5 Å². The molecule has 60 valence electrons. The van der Waals surface area contributed by atoms with Crippen molar-refractivity contribution in [3.8, 4) is 0 Å². The molecule has 0 aromatic heterocycles. The topological polar surface area (TPSA) is 37.3 Å². The Morgan fingerprint density at radius 1 is 1.58 bits per heavy atom. The summed E-state index contributed by atoms with van der Waals surface area (Å²) in [4.78, 5) is 10.7. The van der Waals surface area contributed by atoms with Gasteiger partial charge < -0.3 is 5.11 Å². The van der Waals surface area contributed by atoms with Crippen molar-refractivity contribution >= 4 is 41.9 Å². The zero-order chi connectivity index (χ0) is 9.14. The van der Waals surface area contributed by atoms with E-state index in [9.17, 15) is 4.79 Å². The minimum Gasteiger partial charge on any atom is -0.478 e. The van der Waals surface area contributed by atoms with Gasteiger partial charge in [-0.15, -0.1) is 0 Å². The number of hydrogen-bond acceptors (Lipinski definition) is 1. The maximum Gasteiger partial charge on any atom is 0.335 e. The molecule has 0 heterocycles. The summed E-state index contributed by atoms with van der Waals surface area (Å²) in [5.41, 5.74) is 1.59. The van der Waals surface area contributed by atoms with Crippen LogP contribution in [0.15, 0.2) is 18.2 Å². The highest BCUT2D eigenvalue weighted by Crippen LogP contribution is 2.11. The van der Waals surface area contributed by atoms with Crippen molar-refractivity contribution < 1.29 is 9.90 Å². The fourth-order valence-electron chi connectivity index (χ4n) is 0.910. The third-order valence-corrected chi connectivity index (χ3v) is 2.33. The summed E-state index contributed by atoms with van der Waals surface area (Å²) in [6.45, 7) is 0. The van der Waals surface area contributed by atoms with E-state index in [4.69, 9.17) is 13.0 Å². The van der Waals surface area contributed by atoms with E-state index in [0.717, 1.165) is 5.56 Å². The second kappa shape index (κ2) is 3.93. The normalized spacial score (nSPS) is 9.75. The van der Waals surface area contributed by atoms with Gasteiger partial charge >= 0.3 is 5.97 Å². The lowest BCUT2D eigenvalue weighted by atomic mass is 9.92. The molecule has 4 heteroatoms. The Bertz CT molecular complexity index is 312. The zero-order valence-corrected chi connectivity index (χ0v) is 8.41. The molecule has 0 atom stereocenters. The molecule has 1 rings (SSSR count). The highest BCUT2D eigenvalue weighted by Gasteiger charge is 2.07. The Kier molecular flexibility index (Phi) is 3.14. The second-order valence-electron chi connectivity index (χ2n) is 2.36. The highest BCUT2D eigenvalue weighted by molar-refractivity contribution is 14.1. The minimum atomic E-state index is -0.922. The first-order valence-corrected chi connectivity index (χ1v) is 4.85. The molecule has 0 aliphatic heterocycles. The molecule has 0 saturated carbocycles. The molecular formula is C8H6BIO2. The van der Waals surface area contributed by atoms with Crippen molar-refractivity contribution in [1.82, 2.24) is 0 Å². The van der Waals surface area contributed by atoms with Crippen molar-refractivity contribution in [2.45, 2.75) is 4.43 Å². The average Bonchev–Trinajstić information content (AvgIpc) is 2.04. The molecule has 0 fully saturated rings. The van der Waals surface area contributed by atoms with E-state index >= 15 is 0 Å². The standard InChI is InChI=1S/C8H6BIO2/c9-6-2-1-5(4-10)7(3-6)8(11)12/h1-3H,4H2,(H,11,12). The summed E-state index contributed by atoms with van der Waals surface area (Å²) in [6, 6.07) is 4.93. The molecule has 2 nitrogen and oxygen atoms in total. The van der Waals surface area contributed by atoms with Crippen LogP contribution in [-0.4, -0.2) is 18.9 Å². The van der Waals surface area contributed by atoms with Gasteiger partial charge in [0.15, 0.2) is 0 Å². The smallest absolute Gasteiger partial charge is 0.335 e. The van der Waals surface area contributed by atoms with Gasteiger partial charge in [-0.3, -0.25) is 0 Å². The van der Waals surface area contributed by atoms with Gasteiger partial charge in [0.05, 0.1) is 5.56 Å². The van der Waals surface area contributed by atoms with Crippen LogP contribution >= 0.6 is 22.6 Å². The van der Waals surface area contributed by atoms with Gasteiger partial charge in [-0.1, -0.05) is 46.3 Å². The first kappa shape index (κ1) is 9.57. The Balaban J connectivity index is 3.21. The molecule has 0 saturated heterocycles. The third-order valence-electron chi connectivity index (χ3n) is 1.51. The lowest BCUT2D eigenvalue weighted by Crippen LogP contribution is -2.09. The van der Waals surface area contributed by atoms with E-state index in [1.165, 1.54) is 6.07 Å². The molecule has 1 N–H and O–H groups in total. The third kappa shape index (κ3) is 2.00. The van der Waals surface area contributed by atoms with E-state index in [1.807, 2.05) is 0 Å². The van der Waals surface area contributed by atoms with Crippen LogP contribution in [0, 0.1) is 0 Å². The van der Waals surface area contributed by atoms with Gasteiger partial charge in [0.1, 0.15) is 7.85 Å². The van der Waals surface area contributed by atoms with Crippen molar-refractivity contribution in [2.24, 2.45) is 0 Å². The molecule has 1 aromatic rings. The second-order valence-corrected chi connectivity index (χ2v) is 3.12. The van der Waals surface area contributed by atoms with E-state index < -0.39 is 5.97 Å². The van der Waals surface area contributed by atoms with Gasteiger partial charge in [-0.05, 0) is 5.56 Å². The van der Waals surface area contributed by atoms with Crippen molar-refractivity contribution in [3.05, 3.63) is 29.3 Å². The van der Waals surface area contributed by atoms with Crippen molar-refractivity contribution in [1.29, 1.82) is 0 Å². The van der Waals surface area contributed by atoms with Gasteiger partial charge in [-0.25, -0.2) is 4.79 Å². The Morgan fingerprint density at radius 2 is 2.25 bits per heavy atom. The van der Waals surface area contributed by atoms with Crippen LogP contribution in [0.1, 0.15) is 15.9 Å². The summed E-state index contributed by atoms with van der Waals surface area (Å²) < 4.78 is 0.680. The maximum atomic E-state index is 10.7. The van der Waals surface area contributed by atoms with Crippen molar-refractivity contribution in [2.75, 3.05) is 0 Å². The number of benzene rings is 1. The summed E-state index contributed by atoms with van der Waals surface area (Å²) in [7, 11) is 5.45. The van der Waals surface area contributed by atoms with Gasteiger partial charge in [0, 0.05) is 4.43 Å². The number of aromatic carboxylic acids is 1. The highest BCUT2D eigenvalue weighted by atomic mass is 127. The predicted octanol–water partition coefficient (Wildman–Crippen LogP) is 1.11. The van der Waals surface area contributed by atoms with Crippen LogP contribution in [0.25, 0.3) is 0 Å². The largest absolute Gasteiger partial charge is 0.478 e. The van der Waals surface area contributed by atoms with Crippen LogP contribution in [0.5, 0.6) is 0 Å². The lowest BCUT2D eigenvalue weighted by Gasteiger charge is -2.02. The average molecular weight is 272 g/mol. The van der Waals surface area contributed by atoms with Crippen LogP contribution in [-0.2, 0) is 4.43 Å². The van der Waals surface area contributed by atoms with E-state index in [2.05, 4.69) is 22.6 Å². The molecule has 0 aliphatic rings. The SMILES string of the molecule is [B]c1ccc(CI)c(C(=O)O)c1. The number of hydrogen-bond donors (Lipinski definition) is 1. The van der Waals surface area contributed by atoms with Crippen LogP contribution in [0.2, 0.25) is 0 Å². The number of carboxylic acid groups (broad SMARTS) is 1. The molecule has 0 bridgehead atoms. The summed E-state index contributed by atoms with van der Waals surface area (Å²) in [6.07, 6.45) is 0. The molecular weight excluding hydrogens is 266 g/mol. The number of alkyl halides is 1. The maximum absolute atomic E-state index is 10.7. The molecule has 1 aromatic carbocycles. The first-order valence-electron chi connectivity index (χ1n) is 3.33. The summed E-state index contributed by atoms with van der Waals surface area (Å²) in [5, 5.41) is 8.76. The van der Waals surface area contributed by atoms with E-state index in [1.54, 1.807) is 12.1 Å². The first-order chi connectivity index (χ1) is 5.65. The Morgan fingerprint density at radius 3 is 2.75 bits per heavy atom. The molecule has 2 radical (unpaired) electrons. The Labute approximate surface area is 85.5 Å². The van der Waals surface area contributed by atoms with Gasteiger partial charge in [0.25, 0.3) is 0 Å². The summed E-state index contributed by atoms with van der Waals surface area (Å²) in [5.74, 6) is -0.922. The fourth-order valence-corrected chi connectivity index (χ4v) is 1.57. The van der Waals surface area contributed by atoms with Crippen molar-refractivity contribution in [3.63, 3.8) is 0 Å². The quantitative estimate of drug-likeness (QED) is 0.497. The molecule has 0 spiro atoms. The number of carboxylic acids is 1. The van der Waals surface area contributed by atoms with Gasteiger partial charge in [-0.2, -0.15) is 0 Å². The van der Waals surface area contributed by atoms with E-state index in [-0.39, 0.29) is 0 Å². The summed E-state index contributed by atoms with van der Waals surface area (Å²) >= 11 is 2.12. The van der Waals surface area contributed by atoms with Crippen LogP contribution in [0.4, 0.5) is 0 Å². The van der Waals surface area contributed by atoms with Crippen LogP contribution < -0.4 is 5.46 Å². The minimum absolute atomic E-state index is 0.296. The lowest BCUT2D eigenvalue weighted by molar-refractivity contribution is 0.0696. The Hall–Kier alpha value is -0.515. The number of halogens is 1. The fraction of sp³-hybridized carbons (Fsp3) is 0.125. The molecule has 0 aliphatic carbocycles. The molecule has 0 unspecified atom stereocenters. The van der Waals surface area contributed by atoms with Crippen LogP contribution in [0.3, 0.4) is 0 Å². The predicted molar refractivity (Wildman–Crippen MR) is 56.5 cm³/mol. The molecule has 12 heavy (non-hydrogen) atoms. The number of rotatable bonds is 2. The monoisotopic (exact) mass is 272 g/mol. The zero-order valence-electron chi connectivity index (χ0n) is 6.25. The number of carbonyl (C=O) groups is 1. The van der Waals surface area contributed by atoms with Gasteiger partial charge in [0.2, 0.25) is 0 Å².